The minimum atomic E-state index is -3.45. The summed E-state index contributed by atoms with van der Waals surface area (Å²) in [7, 11) is -3.45. The topological polar surface area (TPSA) is 66.4 Å². The first kappa shape index (κ1) is 13.4. The minimum absolute atomic E-state index is 0.275. The minimum Gasteiger partial charge on any atom is -0.395 e. The molecule has 0 saturated heterocycles. The highest BCUT2D eigenvalue weighted by Crippen LogP contribution is 2.34. The number of anilines is 1. The van der Waals surface area contributed by atoms with Crippen molar-refractivity contribution in [1.82, 2.24) is 0 Å². The highest BCUT2D eigenvalue weighted by molar-refractivity contribution is 7.92. The van der Waals surface area contributed by atoms with Gasteiger partial charge in [-0.1, -0.05) is 19.9 Å². The zero-order valence-electron chi connectivity index (χ0n) is 10.8. The molecule has 0 saturated carbocycles. The predicted octanol–water partition coefficient (Wildman–Crippen LogP) is 1.76. The van der Waals surface area contributed by atoms with Crippen LogP contribution in [-0.2, 0) is 9.84 Å². The largest absolute Gasteiger partial charge is 0.395 e. The SMILES string of the molecule is CC(C)c1ccc2c(c1)S(=O)(=O)C(CO)C(C)N2. The number of nitrogens with one attached hydrogen (secondary N) is 1. The molecule has 2 atom stereocenters. The van der Waals surface area contributed by atoms with Crippen LogP contribution in [-0.4, -0.2) is 31.4 Å². The zero-order valence-corrected chi connectivity index (χ0v) is 11.7. The fraction of sp³-hybridized carbons (Fsp3) is 0.538. The Morgan fingerprint density at radius 1 is 1.39 bits per heavy atom. The van der Waals surface area contributed by atoms with Crippen LogP contribution >= 0.6 is 0 Å². The average Bonchev–Trinajstić information content (AvgIpc) is 2.28. The number of hydrogen-bond acceptors (Lipinski definition) is 4. The second kappa shape index (κ2) is 4.55. The number of hydrogen-bond donors (Lipinski definition) is 2. The number of fused-ring (bicyclic) bond motifs is 1. The van der Waals surface area contributed by atoms with Crippen LogP contribution in [0.1, 0.15) is 32.3 Å². The molecular formula is C13H19NO3S. The number of sulfone groups is 1. The molecule has 1 aliphatic heterocycles. The quantitative estimate of drug-likeness (QED) is 0.858. The molecule has 2 unspecified atom stereocenters. The Labute approximate surface area is 108 Å². The van der Waals surface area contributed by atoms with Crippen molar-refractivity contribution in [2.24, 2.45) is 0 Å². The zero-order chi connectivity index (χ0) is 13.5. The molecule has 0 spiro atoms. The third-order valence-corrected chi connectivity index (χ3v) is 5.80. The van der Waals surface area contributed by atoms with Crippen molar-refractivity contribution in [1.29, 1.82) is 0 Å². The van der Waals surface area contributed by atoms with E-state index in [1.807, 2.05) is 26.0 Å². The van der Waals surface area contributed by atoms with Crippen molar-refractivity contribution in [2.45, 2.75) is 42.9 Å². The summed E-state index contributed by atoms with van der Waals surface area (Å²) in [6.07, 6.45) is 0. The Kier molecular flexibility index (Phi) is 3.38. The van der Waals surface area contributed by atoms with E-state index in [1.165, 1.54) is 0 Å². The summed E-state index contributed by atoms with van der Waals surface area (Å²) in [6.45, 7) is 5.47. The molecule has 0 amide bonds. The smallest absolute Gasteiger partial charge is 0.187 e. The number of rotatable bonds is 2. The number of aliphatic hydroxyl groups is 1. The van der Waals surface area contributed by atoms with E-state index in [0.29, 0.717) is 10.6 Å². The van der Waals surface area contributed by atoms with Gasteiger partial charge in [0, 0.05) is 6.04 Å². The first-order valence-electron chi connectivity index (χ1n) is 6.13. The van der Waals surface area contributed by atoms with E-state index in [2.05, 4.69) is 5.32 Å². The summed E-state index contributed by atoms with van der Waals surface area (Å²) in [5, 5.41) is 11.7. The van der Waals surface area contributed by atoms with Gasteiger partial charge in [0.05, 0.1) is 17.2 Å². The van der Waals surface area contributed by atoms with E-state index in [4.69, 9.17) is 0 Å². The molecule has 0 aromatic heterocycles. The normalized spacial score (nSPS) is 25.6. The molecule has 2 rings (SSSR count). The van der Waals surface area contributed by atoms with E-state index in [0.717, 1.165) is 5.56 Å². The highest BCUT2D eigenvalue weighted by atomic mass is 32.2. The molecule has 0 fully saturated rings. The second-order valence-corrected chi connectivity index (χ2v) is 7.24. The molecule has 2 N–H and O–H groups in total. The van der Waals surface area contributed by atoms with Crippen molar-refractivity contribution in [2.75, 3.05) is 11.9 Å². The van der Waals surface area contributed by atoms with Gasteiger partial charge in [-0.05, 0) is 30.5 Å². The van der Waals surface area contributed by atoms with Gasteiger partial charge in [-0.15, -0.1) is 0 Å². The van der Waals surface area contributed by atoms with E-state index >= 15 is 0 Å². The van der Waals surface area contributed by atoms with Crippen LogP contribution in [0.25, 0.3) is 0 Å². The summed E-state index contributed by atoms with van der Waals surface area (Å²) in [4.78, 5) is 0.311. The Balaban J connectivity index is 2.60. The molecule has 100 valence electrons. The van der Waals surface area contributed by atoms with Gasteiger partial charge in [0.25, 0.3) is 0 Å². The summed E-state index contributed by atoms with van der Waals surface area (Å²) in [5.74, 6) is 0.275. The summed E-state index contributed by atoms with van der Waals surface area (Å²) in [6, 6.07) is 5.19. The molecular weight excluding hydrogens is 250 g/mol. The first-order chi connectivity index (χ1) is 8.37. The number of aliphatic hydroxyl groups excluding tert-OH is 1. The Bertz CT molecular complexity index is 551. The lowest BCUT2D eigenvalue weighted by atomic mass is 10.0. The molecule has 0 bridgehead atoms. The fourth-order valence-corrected chi connectivity index (χ4v) is 4.14. The van der Waals surface area contributed by atoms with Gasteiger partial charge in [0.2, 0.25) is 0 Å². The Hall–Kier alpha value is -1.07. The van der Waals surface area contributed by atoms with Crippen LogP contribution in [0.5, 0.6) is 0 Å². The third-order valence-electron chi connectivity index (χ3n) is 3.50. The molecule has 1 aromatic carbocycles. The molecule has 0 radical (unpaired) electrons. The molecule has 1 aliphatic rings. The van der Waals surface area contributed by atoms with Crippen LogP contribution in [0.2, 0.25) is 0 Å². The standard InChI is InChI=1S/C13H19NO3S/c1-8(2)10-4-5-11-12(6-10)18(16,17)13(7-15)9(3)14-11/h4-6,8-9,13-15H,7H2,1-3H3. The summed E-state index contributed by atoms with van der Waals surface area (Å²) in [5.41, 5.74) is 1.63. The van der Waals surface area contributed by atoms with Crippen molar-refractivity contribution in [3.8, 4) is 0 Å². The lowest BCUT2D eigenvalue weighted by molar-refractivity contribution is 0.282. The Morgan fingerprint density at radius 3 is 2.61 bits per heavy atom. The van der Waals surface area contributed by atoms with E-state index in [1.54, 1.807) is 13.0 Å². The first-order valence-corrected chi connectivity index (χ1v) is 7.67. The van der Waals surface area contributed by atoms with Gasteiger partial charge in [-0.3, -0.25) is 0 Å². The predicted molar refractivity (Wildman–Crippen MR) is 71.7 cm³/mol. The average molecular weight is 269 g/mol. The molecule has 1 heterocycles. The van der Waals surface area contributed by atoms with Gasteiger partial charge in [0.15, 0.2) is 9.84 Å². The molecule has 18 heavy (non-hydrogen) atoms. The highest BCUT2D eigenvalue weighted by Gasteiger charge is 2.38. The van der Waals surface area contributed by atoms with E-state index in [-0.39, 0.29) is 18.6 Å². The number of benzene rings is 1. The van der Waals surface area contributed by atoms with Crippen LogP contribution in [0.4, 0.5) is 5.69 Å². The maximum atomic E-state index is 12.4. The van der Waals surface area contributed by atoms with Crippen LogP contribution in [0.3, 0.4) is 0 Å². The Morgan fingerprint density at radius 2 is 2.06 bits per heavy atom. The molecule has 5 heteroatoms. The van der Waals surface area contributed by atoms with Gasteiger partial charge in [-0.2, -0.15) is 0 Å². The molecule has 0 aliphatic carbocycles. The summed E-state index contributed by atoms with van der Waals surface area (Å²) >= 11 is 0. The van der Waals surface area contributed by atoms with E-state index in [9.17, 15) is 13.5 Å². The van der Waals surface area contributed by atoms with Gasteiger partial charge >= 0.3 is 0 Å². The van der Waals surface area contributed by atoms with Crippen molar-refractivity contribution < 1.29 is 13.5 Å². The van der Waals surface area contributed by atoms with Crippen molar-refractivity contribution >= 4 is 15.5 Å². The van der Waals surface area contributed by atoms with Crippen molar-refractivity contribution in [3.05, 3.63) is 23.8 Å². The summed E-state index contributed by atoms with van der Waals surface area (Å²) < 4.78 is 24.8. The van der Waals surface area contributed by atoms with Gasteiger partial charge in [0.1, 0.15) is 5.25 Å². The lowest BCUT2D eigenvalue weighted by Crippen LogP contribution is -2.44. The van der Waals surface area contributed by atoms with Crippen LogP contribution in [0, 0.1) is 0 Å². The maximum Gasteiger partial charge on any atom is 0.187 e. The fourth-order valence-electron chi connectivity index (χ4n) is 2.28. The van der Waals surface area contributed by atoms with E-state index < -0.39 is 15.1 Å². The second-order valence-electron chi connectivity index (χ2n) is 5.11. The van der Waals surface area contributed by atoms with Gasteiger partial charge < -0.3 is 10.4 Å². The molecule has 1 aromatic rings. The lowest BCUT2D eigenvalue weighted by Gasteiger charge is -2.31. The maximum absolute atomic E-state index is 12.4. The van der Waals surface area contributed by atoms with Crippen LogP contribution < -0.4 is 5.32 Å². The molecule has 4 nitrogen and oxygen atoms in total. The third kappa shape index (κ3) is 2.01. The monoisotopic (exact) mass is 269 g/mol. The van der Waals surface area contributed by atoms with Crippen LogP contribution in [0.15, 0.2) is 23.1 Å². The van der Waals surface area contributed by atoms with Gasteiger partial charge in [-0.25, -0.2) is 8.42 Å². The van der Waals surface area contributed by atoms with Crippen molar-refractivity contribution in [3.63, 3.8) is 0 Å².